The summed E-state index contributed by atoms with van der Waals surface area (Å²) in [6, 6.07) is 18.3. The van der Waals surface area contributed by atoms with E-state index in [1.807, 2.05) is 30.3 Å². The van der Waals surface area contributed by atoms with E-state index in [9.17, 15) is 14.4 Å². The standard InChI is InChI=1S/C22H19BrN2O5/c23-16-8-10-17(11-9-16)24-20(26)14-30-22(28)18(13-15-5-2-1-3-6-15)25-21(27)19-7-4-12-29-19/h1-12,18H,13-14H2,(H,24,26)(H,25,27). The molecule has 7 nitrogen and oxygen atoms in total. The molecule has 3 rings (SSSR count). The first-order valence-electron chi connectivity index (χ1n) is 9.11. The van der Waals surface area contributed by atoms with Gasteiger partial charge in [0.2, 0.25) is 0 Å². The van der Waals surface area contributed by atoms with Gasteiger partial charge in [0.1, 0.15) is 6.04 Å². The van der Waals surface area contributed by atoms with Crippen molar-refractivity contribution in [2.75, 3.05) is 11.9 Å². The van der Waals surface area contributed by atoms with E-state index in [0.29, 0.717) is 5.69 Å². The Morgan fingerprint density at radius 1 is 0.967 bits per heavy atom. The number of halogens is 1. The zero-order chi connectivity index (χ0) is 21.3. The number of hydrogen-bond donors (Lipinski definition) is 2. The molecule has 0 bridgehead atoms. The molecule has 154 valence electrons. The molecule has 2 amide bonds. The largest absolute Gasteiger partial charge is 0.459 e. The average molecular weight is 471 g/mol. The third-order valence-corrected chi connectivity index (χ3v) is 4.62. The Balaban J connectivity index is 1.61. The highest BCUT2D eigenvalue weighted by molar-refractivity contribution is 9.10. The van der Waals surface area contributed by atoms with E-state index in [4.69, 9.17) is 9.15 Å². The number of amides is 2. The Hall–Kier alpha value is -3.39. The number of carbonyl (C=O) groups is 3. The van der Waals surface area contributed by atoms with Crippen molar-refractivity contribution in [2.24, 2.45) is 0 Å². The lowest BCUT2D eigenvalue weighted by Gasteiger charge is -2.17. The number of carbonyl (C=O) groups excluding carboxylic acids is 3. The van der Waals surface area contributed by atoms with Crippen molar-refractivity contribution in [3.63, 3.8) is 0 Å². The molecule has 2 N–H and O–H groups in total. The maximum absolute atomic E-state index is 12.6. The summed E-state index contributed by atoms with van der Waals surface area (Å²) in [4.78, 5) is 37.0. The van der Waals surface area contributed by atoms with Crippen LogP contribution in [0, 0.1) is 0 Å². The molecule has 1 aromatic heterocycles. The van der Waals surface area contributed by atoms with E-state index in [1.165, 1.54) is 12.3 Å². The van der Waals surface area contributed by atoms with Gasteiger partial charge in [-0.25, -0.2) is 4.79 Å². The Kier molecular flexibility index (Phi) is 7.40. The maximum Gasteiger partial charge on any atom is 0.329 e. The van der Waals surface area contributed by atoms with Crippen LogP contribution in [0.25, 0.3) is 0 Å². The van der Waals surface area contributed by atoms with E-state index in [2.05, 4.69) is 26.6 Å². The van der Waals surface area contributed by atoms with Gasteiger partial charge in [-0.15, -0.1) is 0 Å². The summed E-state index contributed by atoms with van der Waals surface area (Å²) in [5.41, 5.74) is 1.41. The molecule has 0 aliphatic rings. The third-order valence-electron chi connectivity index (χ3n) is 4.09. The van der Waals surface area contributed by atoms with Crippen LogP contribution >= 0.6 is 15.9 Å². The van der Waals surface area contributed by atoms with E-state index in [0.717, 1.165) is 10.0 Å². The summed E-state index contributed by atoms with van der Waals surface area (Å²) in [6.45, 7) is -0.475. The molecule has 1 atom stereocenters. The van der Waals surface area contributed by atoms with Gasteiger partial charge >= 0.3 is 5.97 Å². The highest BCUT2D eigenvalue weighted by atomic mass is 79.9. The molecule has 0 aliphatic carbocycles. The van der Waals surface area contributed by atoms with Crippen molar-refractivity contribution in [2.45, 2.75) is 12.5 Å². The summed E-state index contributed by atoms with van der Waals surface area (Å²) in [6.07, 6.45) is 1.58. The lowest BCUT2D eigenvalue weighted by Crippen LogP contribution is -2.44. The Bertz CT molecular complexity index is 988. The highest BCUT2D eigenvalue weighted by Gasteiger charge is 2.25. The monoisotopic (exact) mass is 470 g/mol. The normalized spacial score (nSPS) is 11.4. The van der Waals surface area contributed by atoms with E-state index in [-0.39, 0.29) is 12.2 Å². The number of ether oxygens (including phenoxy) is 1. The lowest BCUT2D eigenvalue weighted by molar-refractivity contribution is -0.149. The second-order valence-electron chi connectivity index (χ2n) is 6.36. The van der Waals surface area contributed by atoms with E-state index < -0.39 is 30.4 Å². The van der Waals surface area contributed by atoms with E-state index in [1.54, 1.807) is 30.3 Å². The van der Waals surface area contributed by atoms with E-state index >= 15 is 0 Å². The molecule has 0 saturated heterocycles. The van der Waals surface area contributed by atoms with Gasteiger partial charge in [0, 0.05) is 16.6 Å². The van der Waals surface area contributed by atoms with Gasteiger partial charge in [0.15, 0.2) is 12.4 Å². The Morgan fingerprint density at radius 2 is 1.70 bits per heavy atom. The molecule has 1 heterocycles. The van der Waals surface area contributed by atoms with Crippen LogP contribution < -0.4 is 10.6 Å². The van der Waals surface area contributed by atoms with Gasteiger partial charge in [-0.2, -0.15) is 0 Å². The van der Waals surface area contributed by atoms with Crippen LogP contribution in [0.1, 0.15) is 16.1 Å². The lowest BCUT2D eigenvalue weighted by atomic mass is 10.1. The van der Waals surface area contributed by atoms with Gasteiger partial charge in [0.05, 0.1) is 6.26 Å². The number of furan rings is 1. The second-order valence-corrected chi connectivity index (χ2v) is 7.27. The fourth-order valence-electron chi connectivity index (χ4n) is 2.65. The molecule has 0 aliphatic heterocycles. The van der Waals surface area contributed by atoms with Crippen LogP contribution in [-0.2, 0) is 20.7 Å². The van der Waals surface area contributed by atoms with Crippen molar-refractivity contribution < 1.29 is 23.5 Å². The minimum absolute atomic E-state index is 0.0776. The fourth-order valence-corrected chi connectivity index (χ4v) is 2.91. The van der Waals surface area contributed by atoms with Crippen molar-refractivity contribution in [1.82, 2.24) is 5.32 Å². The first kappa shape index (κ1) is 21.3. The van der Waals surface area contributed by atoms with Gasteiger partial charge < -0.3 is 19.8 Å². The van der Waals surface area contributed by atoms with Crippen molar-refractivity contribution in [3.05, 3.63) is 88.8 Å². The molecule has 0 fully saturated rings. The molecule has 1 unspecified atom stereocenters. The van der Waals surface area contributed by atoms with Crippen molar-refractivity contribution in [3.8, 4) is 0 Å². The fraction of sp³-hybridized carbons (Fsp3) is 0.136. The summed E-state index contributed by atoms with van der Waals surface area (Å²) in [7, 11) is 0. The maximum atomic E-state index is 12.6. The number of anilines is 1. The number of esters is 1. The topological polar surface area (TPSA) is 97.6 Å². The molecule has 0 saturated carbocycles. The average Bonchev–Trinajstić information content (AvgIpc) is 3.29. The van der Waals surface area contributed by atoms with Crippen LogP contribution in [0.5, 0.6) is 0 Å². The number of rotatable bonds is 8. The zero-order valence-electron chi connectivity index (χ0n) is 15.8. The minimum Gasteiger partial charge on any atom is -0.459 e. The summed E-state index contributed by atoms with van der Waals surface area (Å²) < 4.78 is 11.1. The van der Waals surface area contributed by atoms with Crippen LogP contribution in [0.15, 0.2) is 81.9 Å². The summed E-state index contributed by atoms with van der Waals surface area (Å²) in [5.74, 6) is -1.67. The van der Waals surface area contributed by atoms with Gasteiger partial charge in [-0.05, 0) is 42.0 Å². The first-order chi connectivity index (χ1) is 14.5. The Labute approximate surface area is 181 Å². The van der Waals surface area contributed by atoms with Crippen LogP contribution in [-0.4, -0.2) is 30.4 Å². The van der Waals surface area contributed by atoms with Crippen molar-refractivity contribution >= 4 is 39.4 Å². The summed E-state index contributed by atoms with van der Waals surface area (Å²) >= 11 is 3.32. The molecule has 0 radical (unpaired) electrons. The van der Waals surface area contributed by atoms with Gasteiger partial charge in [-0.3, -0.25) is 9.59 Å². The van der Waals surface area contributed by atoms with Crippen LogP contribution in [0.2, 0.25) is 0 Å². The van der Waals surface area contributed by atoms with Crippen LogP contribution in [0.4, 0.5) is 5.69 Å². The zero-order valence-corrected chi connectivity index (χ0v) is 17.4. The quantitative estimate of drug-likeness (QED) is 0.490. The van der Waals surface area contributed by atoms with Gasteiger partial charge in [0.25, 0.3) is 11.8 Å². The highest BCUT2D eigenvalue weighted by Crippen LogP contribution is 2.14. The smallest absolute Gasteiger partial charge is 0.329 e. The third kappa shape index (κ3) is 6.31. The first-order valence-corrected chi connectivity index (χ1v) is 9.91. The van der Waals surface area contributed by atoms with Crippen LogP contribution in [0.3, 0.4) is 0 Å². The SMILES string of the molecule is O=C(COC(=O)C(Cc1ccccc1)NC(=O)c1ccco1)Nc1ccc(Br)cc1. The molecular formula is C22H19BrN2O5. The molecule has 8 heteroatoms. The molecule has 3 aromatic rings. The van der Waals surface area contributed by atoms with Gasteiger partial charge in [-0.1, -0.05) is 46.3 Å². The molecule has 30 heavy (non-hydrogen) atoms. The minimum atomic E-state index is -0.981. The molecular weight excluding hydrogens is 452 g/mol. The number of hydrogen-bond acceptors (Lipinski definition) is 5. The number of nitrogens with one attached hydrogen (secondary N) is 2. The molecule has 0 spiro atoms. The molecule has 2 aromatic carbocycles. The predicted molar refractivity (Wildman–Crippen MR) is 114 cm³/mol. The second kappa shape index (κ2) is 10.4. The predicted octanol–water partition coefficient (Wildman–Crippen LogP) is 3.57. The Morgan fingerprint density at radius 3 is 2.37 bits per heavy atom. The van der Waals surface area contributed by atoms with Crippen molar-refractivity contribution in [1.29, 1.82) is 0 Å². The number of benzene rings is 2. The summed E-state index contributed by atoms with van der Waals surface area (Å²) in [5, 5.41) is 5.24.